The summed E-state index contributed by atoms with van der Waals surface area (Å²) >= 11 is 0. The van der Waals surface area contributed by atoms with Gasteiger partial charge in [-0.3, -0.25) is 4.90 Å². The smallest absolute Gasteiger partial charge is 0.423 e. The zero-order chi connectivity index (χ0) is 13.7. The highest BCUT2D eigenvalue weighted by Gasteiger charge is 2.15. The molecule has 0 saturated carbocycles. The third kappa shape index (κ3) is 4.40. The minimum absolute atomic E-state index is 0.196. The Morgan fingerprint density at radius 3 is 2.56 bits per heavy atom. The lowest BCUT2D eigenvalue weighted by Crippen LogP contribution is -2.32. The first-order chi connectivity index (χ1) is 8.43. The molecule has 0 aromatic heterocycles. The minimum atomic E-state index is -1.63. The summed E-state index contributed by atoms with van der Waals surface area (Å²) in [5.41, 5.74) is 0.949. The highest BCUT2D eigenvalue weighted by atomic mass is 19.1. The molecule has 0 saturated heterocycles. The lowest BCUT2D eigenvalue weighted by molar-refractivity contribution is 0.236. The number of halogens is 1. The Morgan fingerprint density at radius 2 is 2.00 bits per heavy atom. The fourth-order valence-corrected chi connectivity index (χ4v) is 2.00. The average molecular weight is 253 g/mol. The molecule has 0 aliphatic heterocycles. The van der Waals surface area contributed by atoms with Crippen LogP contribution < -0.4 is 5.46 Å². The molecule has 2 N–H and O–H groups in total. The Kier molecular flexibility index (Phi) is 5.79. The van der Waals surface area contributed by atoms with Gasteiger partial charge in [-0.2, -0.15) is 0 Å². The van der Waals surface area contributed by atoms with Crippen LogP contribution in [0.3, 0.4) is 0 Å². The van der Waals surface area contributed by atoms with Crippen LogP contribution >= 0.6 is 0 Å². The van der Waals surface area contributed by atoms with Crippen LogP contribution in [0, 0.1) is 5.82 Å². The number of benzene rings is 1. The normalized spacial score (nSPS) is 12.8. The van der Waals surface area contributed by atoms with Gasteiger partial charge in [0.2, 0.25) is 0 Å². The summed E-state index contributed by atoms with van der Waals surface area (Å²) in [4.78, 5) is 2.13. The van der Waals surface area contributed by atoms with Gasteiger partial charge < -0.3 is 10.0 Å². The summed E-state index contributed by atoms with van der Waals surface area (Å²) in [6.07, 6.45) is 2.19. The van der Waals surface area contributed by atoms with E-state index in [0.29, 0.717) is 12.6 Å². The highest BCUT2D eigenvalue weighted by Crippen LogP contribution is 2.10. The van der Waals surface area contributed by atoms with Crippen molar-refractivity contribution in [2.45, 2.75) is 39.3 Å². The molecule has 0 fully saturated rings. The van der Waals surface area contributed by atoms with Gasteiger partial charge in [-0.1, -0.05) is 19.4 Å². The van der Waals surface area contributed by atoms with E-state index >= 15 is 0 Å². The third-order valence-electron chi connectivity index (χ3n) is 3.17. The van der Waals surface area contributed by atoms with E-state index < -0.39 is 12.9 Å². The van der Waals surface area contributed by atoms with Crippen LogP contribution in [0.2, 0.25) is 0 Å². The Labute approximate surface area is 108 Å². The molecular formula is C13H21BFNO2. The molecule has 5 heteroatoms. The van der Waals surface area contributed by atoms with E-state index in [1.807, 2.05) is 7.05 Å². The quantitative estimate of drug-likeness (QED) is 0.747. The van der Waals surface area contributed by atoms with Crippen LogP contribution in [-0.4, -0.2) is 35.2 Å². The van der Waals surface area contributed by atoms with E-state index in [1.165, 1.54) is 6.07 Å². The van der Waals surface area contributed by atoms with Gasteiger partial charge in [-0.15, -0.1) is 0 Å². The van der Waals surface area contributed by atoms with Crippen molar-refractivity contribution in [3.8, 4) is 0 Å². The summed E-state index contributed by atoms with van der Waals surface area (Å²) in [7, 11) is 0.359. The molecule has 0 aliphatic carbocycles. The van der Waals surface area contributed by atoms with E-state index in [9.17, 15) is 4.39 Å². The molecule has 1 aromatic carbocycles. The maximum Gasteiger partial charge on any atom is 0.488 e. The van der Waals surface area contributed by atoms with Crippen LogP contribution in [0.5, 0.6) is 0 Å². The van der Waals surface area contributed by atoms with Gasteiger partial charge in [0.15, 0.2) is 0 Å². The second-order valence-corrected chi connectivity index (χ2v) is 4.82. The van der Waals surface area contributed by atoms with E-state index in [1.54, 1.807) is 6.07 Å². The summed E-state index contributed by atoms with van der Waals surface area (Å²) < 4.78 is 13.3. The molecule has 1 rings (SSSR count). The zero-order valence-electron chi connectivity index (χ0n) is 11.2. The monoisotopic (exact) mass is 253 g/mol. The highest BCUT2D eigenvalue weighted by molar-refractivity contribution is 6.58. The summed E-state index contributed by atoms with van der Waals surface area (Å²) in [6, 6.07) is 4.62. The Bertz CT molecular complexity index is 387. The van der Waals surface area contributed by atoms with Crippen LogP contribution in [0.25, 0.3) is 0 Å². The third-order valence-corrected chi connectivity index (χ3v) is 3.17. The van der Waals surface area contributed by atoms with Gasteiger partial charge >= 0.3 is 7.12 Å². The van der Waals surface area contributed by atoms with Crippen LogP contribution in [-0.2, 0) is 6.54 Å². The van der Waals surface area contributed by atoms with E-state index in [2.05, 4.69) is 18.7 Å². The van der Waals surface area contributed by atoms with E-state index in [4.69, 9.17) is 10.0 Å². The lowest BCUT2D eigenvalue weighted by Gasteiger charge is -2.24. The summed E-state index contributed by atoms with van der Waals surface area (Å²) in [5.74, 6) is -0.438. The largest absolute Gasteiger partial charge is 0.488 e. The van der Waals surface area contributed by atoms with Crippen molar-refractivity contribution in [1.29, 1.82) is 0 Å². The minimum Gasteiger partial charge on any atom is -0.423 e. The predicted octanol–water partition coefficient (Wildman–Crippen LogP) is 1.13. The molecule has 1 aromatic rings. The first-order valence-electron chi connectivity index (χ1n) is 6.29. The van der Waals surface area contributed by atoms with Crippen molar-refractivity contribution >= 4 is 12.6 Å². The molecule has 0 radical (unpaired) electrons. The predicted molar refractivity (Wildman–Crippen MR) is 72.1 cm³/mol. The van der Waals surface area contributed by atoms with Crippen molar-refractivity contribution in [1.82, 2.24) is 4.90 Å². The maximum absolute atomic E-state index is 13.3. The number of rotatable bonds is 6. The molecule has 3 nitrogen and oxygen atoms in total. The molecule has 0 amide bonds. The Hall–Kier alpha value is -0.905. The second kappa shape index (κ2) is 6.88. The maximum atomic E-state index is 13.3. The van der Waals surface area contributed by atoms with Crippen molar-refractivity contribution in [2.75, 3.05) is 7.05 Å². The van der Waals surface area contributed by atoms with Crippen LogP contribution in [0.1, 0.15) is 32.3 Å². The second-order valence-electron chi connectivity index (χ2n) is 4.82. The first-order valence-corrected chi connectivity index (χ1v) is 6.29. The lowest BCUT2D eigenvalue weighted by atomic mass is 9.79. The van der Waals surface area contributed by atoms with Gasteiger partial charge in [0.25, 0.3) is 0 Å². The fourth-order valence-electron chi connectivity index (χ4n) is 2.00. The van der Waals surface area contributed by atoms with E-state index in [0.717, 1.165) is 24.5 Å². The van der Waals surface area contributed by atoms with E-state index in [-0.39, 0.29) is 5.46 Å². The molecule has 0 heterocycles. The topological polar surface area (TPSA) is 43.7 Å². The van der Waals surface area contributed by atoms with Crippen molar-refractivity contribution < 1.29 is 14.4 Å². The molecule has 1 atom stereocenters. The zero-order valence-corrected chi connectivity index (χ0v) is 11.2. The molecule has 18 heavy (non-hydrogen) atoms. The fraction of sp³-hybridized carbons (Fsp3) is 0.538. The molecule has 1 unspecified atom stereocenters. The number of hydrogen-bond donors (Lipinski definition) is 2. The van der Waals surface area contributed by atoms with Gasteiger partial charge in [-0.05, 0) is 43.6 Å². The molecule has 0 aliphatic rings. The van der Waals surface area contributed by atoms with Crippen LogP contribution in [0.15, 0.2) is 18.2 Å². The number of hydrogen-bond acceptors (Lipinski definition) is 3. The first kappa shape index (κ1) is 15.2. The van der Waals surface area contributed by atoms with Gasteiger partial charge in [0, 0.05) is 12.6 Å². The molecule has 0 bridgehead atoms. The van der Waals surface area contributed by atoms with Crippen molar-refractivity contribution in [3.63, 3.8) is 0 Å². The van der Waals surface area contributed by atoms with Crippen molar-refractivity contribution in [3.05, 3.63) is 29.6 Å². The molecular weight excluding hydrogens is 232 g/mol. The average Bonchev–Trinajstić information content (AvgIpc) is 2.28. The van der Waals surface area contributed by atoms with Gasteiger partial charge in [0.05, 0.1) is 0 Å². The van der Waals surface area contributed by atoms with Crippen molar-refractivity contribution in [2.24, 2.45) is 0 Å². The van der Waals surface area contributed by atoms with Gasteiger partial charge in [0.1, 0.15) is 5.82 Å². The molecule has 0 spiro atoms. The van der Waals surface area contributed by atoms with Gasteiger partial charge in [-0.25, -0.2) is 4.39 Å². The SMILES string of the molecule is CCCC(C)N(C)Cc1cc(F)cc(B(O)O)c1. The molecule has 100 valence electrons. The summed E-state index contributed by atoms with van der Waals surface area (Å²) in [5, 5.41) is 18.2. The Morgan fingerprint density at radius 1 is 1.33 bits per heavy atom. The van der Waals surface area contributed by atoms with Crippen LogP contribution in [0.4, 0.5) is 4.39 Å². The standard InChI is InChI=1S/C13H21BFNO2/c1-4-5-10(2)16(3)9-11-6-12(14(17)18)8-13(15)7-11/h6-8,10,17-18H,4-5,9H2,1-3H3. The Balaban J connectivity index is 2.77. The number of nitrogens with zero attached hydrogens (tertiary/aromatic N) is 1. The summed E-state index contributed by atoms with van der Waals surface area (Å²) in [6.45, 7) is 4.86.